The van der Waals surface area contributed by atoms with Crippen molar-refractivity contribution < 1.29 is 14.3 Å². The van der Waals surface area contributed by atoms with Crippen molar-refractivity contribution in [1.82, 2.24) is 0 Å². The largest absolute Gasteiger partial charge is 0.465 e. The summed E-state index contributed by atoms with van der Waals surface area (Å²) in [5, 5.41) is 2.71. The second-order valence-corrected chi connectivity index (χ2v) is 4.33. The third kappa shape index (κ3) is 3.23. The van der Waals surface area contributed by atoms with Crippen molar-refractivity contribution in [2.24, 2.45) is 0 Å². The Hall–Kier alpha value is -2.62. The van der Waals surface area contributed by atoms with E-state index < -0.39 is 0 Å². The molecule has 0 atom stereocenters. The molecule has 4 nitrogen and oxygen atoms in total. The average molecular weight is 269 g/mol. The lowest BCUT2D eigenvalue weighted by molar-refractivity contribution is -0.114. The average Bonchev–Trinajstić information content (AvgIpc) is 2.47. The van der Waals surface area contributed by atoms with Gasteiger partial charge in [0, 0.05) is 12.6 Å². The molecule has 0 aromatic heterocycles. The molecule has 1 amide bonds. The summed E-state index contributed by atoms with van der Waals surface area (Å²) in [4.78, 5) is 22.5. The van der Waals surface area contributed by atoms with Gasteiger partial charge in [0.15, 0.2) is 0 Å². The minimum absolute atomic E-state index is 0.106. The van der Waals surface area contributed by atoms with Gasteiger partial charge in [-0.1, -0.05) is 24.3 Å². The number of carbonyl (C=O) groups is 2. The van der Waals surface area contributed by atoms with E-state index in [1.165, 1.54) is 14.0 Å². The standard InChI is InChI=1S/C16H15NO3/c1-11(18)17-15-8-6-12(7-9-15)13-4-3-5-14(10-13)16(19)20-2/h3-10H,1-2H3,(H,17,18). The highest BCUT2D eigenvalue weighted by Gasteiger charge is 2.06. The highest BCUT2D eigenvalue weighted by molar-refractivity contribution is 5.91. The third-order valence-electron chi connectivity index (χ3n) is 2.82. The Labute approximate surface area is 117 Å². The number of amides is 1. The van der Waals surface area contributed by atoms with Crippen LogP contribution < -0.4 is 5.32 Å². The topological polar surface area (TPSA) is 55.4 Å². The summed E-state index contributed by atoms with van der Waals surface area (Å²) in [7, 11) is 1.36. The maximum atomic E-state index is 11.5. The second-order valence-electron chi connectivity index (χ2n) is 4.33. The van der Waals surface area contributed by atoms with Gasteiger partial charge in [-0.3, -0.25) is 4.79 Å². The van der Waals surface area contributed by atoms with Gasteiger partial charge in [0.1, 0.15) is 0 Å². The lowest BCUT2D eigenvalue weighted by Gasteiger charge is -2.06. The van der Waals surface area contributed by atoms with Crippen molar-refractivity contribution in [2.75, 3.05) is 12.4 Å². The summed E-state index contributed by atoms with van der Waals surface area (Å²) in [5.74, 6) is -0.466. The summed E-state index contributed by atoms with van der Waals surface area (Å²) in [6, 6.07) is 14.6. The number of carbonyl (C=O) groups excluding carboxylic acids is 2. The summed E-state index contributed by atoms with van der Waals surface area (Å²) in [6.45, 7) is 1.47. The van der Waals surface area contributed by atoms with E-state index in [0.717, 1.165) is 16.8 Å². The molecule has 0 aliphatic heterocycles. The zero-order chi connectivity index (χ0) is 14.5. The van der Waals surface area contributed by atoms with Crippen molar-refractivity contribution in [3.8, 4) is 11.1 Å². The predicted molar refractivity (Wildman–Crippen MR) is 77.5 cm³/mol. The minimum Gasteiger partial charge on any atom is -0.465 e. The van der Waals surface area contributed by atoms with E-state index in [4.69, 9.17) is 4.74 Å². The monoisotopic (exact) mass is 269 g/mol. The Morgan fingerprint density at radius 1 is 1.00 bits per heavy atom. The molecule has 0 fully saturated rings. The van der Waals surface area contributed by atoms with E-state index in [-0.39, 0.29) is 11.9 Å². The zero-order valence-corrected chi connectivity index (χ0v) is 11.3. The molecule has 0 heterocycles. The van der Waals surface area contributed by atoms with Crippen LogP contribution in [0.4, 0.5) is 5.69 Å². The first-order chi connectivity index (χ1) is 9.60. The van der Waals surface area contributed by atoms with Gasteiger partial charge >= 0.3 is 5.97 Å². The van der Waals surface area contributed by atoms with Crippen LogP contribution in [0.15, 0.2) is 48.5 Å². The lowest BCUT2D eigenvalue weighted by atomic mass is 10.0. The number of rotatable bonds is 3. The van der Waals surface area contributed by atoms with Crippen LogP contribution >= 0.6 is 0 Å². The highest BCUT2D eigenvalue weighted by atomic mass is 16.5. The van der Waals surface area contributed by atoms with Gasteiger partial charge in [-0.15, -0.1) is 0 Å². The van der Waals surface area contributed by atoms with Crippen LogP contribution in [0.3, 0.4) is 0 Å². The quantitative estimate of drug-likeness (QED) is 0.871. The fourth-order valence-corrected chi connectivity index (χ4v) is 1.89. The van der Waals surface area contributed by atoms with Gasteiger partial charge in [-0.2, -0.15) is 0 Å². The van der Waals surface area contributed by atoms with E-state index in [0.29, 0.717) is 5.56 Å². The molecule has 102 valence electrons. The molecule has 0 aliphatic carbocycles. The molecular weight excluding hydrogens is 254 g/mol. The Morgan fingerprint density at radius 2 is 1.70 bits per heavy atom. The van der Waals surface area contributed by atoms with E-state index in [9.17, 15) is 9.59 Å². The Bertz CT molecular complexity index is 632. The van der Waals surface area contributed by atoms with Crippen molar-refractivity contribution in [3.05, 3.63) is 54.1 Å². The van der Waals surface area contributed by atoms with Crippen LogP contribution in [0.5, 0.6) is 0 Å². The molecule has 2 aromatic rings. The van der Waals surface area contributed by atoms with Gasteiger partial charge in [-0.05, 0) is 35.4 Å². The molecule has 2 rings (SSSR count). The molecular formula is C16H15NO3. The number of benzene rings is 2. The molecule has 0 radical (unpaired) electrons. The maximum absolute atomic E-state index is 11.5. The summed E-state index contributed by atoms with van der Waals surface area (Å²) in [6.07, 6.45) is 0. The molecule has 2 aromatic carbocycles. The first kappa shape index (κ1) is 13.8. The Morgan fingerprint density at radius 3 is 2.30 bits per heavy atom. The van der Waals surface area contributed by atoms with Crippen LogP contribution in [0, 0.1) is 0 Å². The van der Waals surface area contributed by atoms with Crippen LogP contribution in [-0.4, -0.2) is 19.0 Å². The fourth-order valence-electron chi connectivity index (χ4n) is 1.89. The minimum atomic E-state index is -0.360. The molecule has 20 heavy (non-hydrogen) atoms. The SMILES string of the molecule is COC(=O)c1cccc(-c2ccc(NC(C)=O)cc2)c1. The molecule has 0 saturated heterocycles. The van der Waals surface area contributed by atoms with Gasteiger partial charge in [0.25, 0.3) is 0 Å². The number of esters is 1. The smallest absolute Gasteiger partial charge is 0.337 e. The van der Waals surface area contributed by atoms with Gasteiger partial charge in [0.2, 0.25) is 5.91 Å². The third-order valence-corrected chi connectivity index (χ3v) is 2.82. The van der Waals surface area contributed by atoms with Crippen molar-refractivity contribution >= 4 is 17.6 Å². The molecule has 0 aliphatic rings. The Balaban J connectivity index is 2.27. The predicted octanol–water partition coefficient (Wildman–Crippen LogP) is 3.10. The maximum Gasteiger partial charge on any atom is 0.337 e. The normalized spacial score (nSPS) is 9.90. The van der Waals surface area contributed by atoms with Crippen LogP contribution in [0.1, 0.15) is 17.3 Å². The van der Waals surface area contributed by atoms with E-state index in [1.807, 2.05) is 36.4 Å². The summed E-state index contributed by atoms with van der Waals surface area (Å²) in [5.41, 5.74) is 3.13. The molecule has 0 unspecified atom stereocenters. The second kappa shape index (κ2) is 6.02. The number of hydrogen-bond donors (Lipinski definition) is 1. The first-order valence-corrected chi connectivity index (χ1v) is 6.16. The van der Waals surface area contributed by atoms with Crippen molar-refractivity contribution in [3.63, 3.8) is 0 Å². The highest BCUT2D eigenvalue weighted by Crippen LogP contribution is 2.22. The van der Waals surface area contributed by atoms with E-state index in [2.05, 4.69) is 5.32 Å². The van der Waals surface area contributed by atoms with Gasteiger partial charge in [0.05, 0.1) is 12.7 Å². The van der Waals surface area contributed by atoms with Crippen LogP contribution in [-0.2, 0) is 9.53 Å². The van der Waals surface area contributed by atoms with Crippen LogP contribution in [0.2, 0.25) is 0 Å². The summed E-state index contributed by atoms with van der Waals surface area (Å²) >= 11 is 0. The molecule has 0 saturated carbocycles. The lowest BCUT2D eigenvalue weighted by Crippen LogP contribution is -2.05. The number of anilines is 1. The van der Waals surface area contributed by atoms with Gasteiger partial charge < -0.3 is 10.1 Å². The Kier molecular flexibility index (Phi) is 4.15. The van der Waals surface area contributed by atoms with E-state index >= 15 is 0 Å². The van der Waals surface area contributed by atoms with Crippen LogP contribution in [0.25, 0.3) is 11.1 Å². The van der Waals surface area contributed by atoms with Crippen molar-refractivity contribution in [1.29, 1.82) is 0 Å². The van der Waals surface area contributed by atoms with Crippen molar-refractivity contribution in [2.45, 2.75) is 6.92 Å². The summed E-state index contributed by atoms with van der Waals surface area (Å²) < 4.78 is 4.70. The number of hydrogen-bond acceptors (Lipinski definition) is 3. The molecule has 0 bridgehead atoms. The van der Waals surface area contributed by atoms with E-state index in [1.54, 1.807) is 12.1 Å². The number of methoxy groups -OCH3 is 1. The zero-order valence-electron chi connectivity index (χ0n) is 11.3. The molecule has 0 spiro atoms. The molecule has 4 heteroatoms. The number of nitrogens with one attached hydrogen (secondary N) is 1. The first-order valence-electron chi connectivity index (χ1n) is 6.16. The van der Waals surface area contributed by atoms with Gasteiger partial charge in [-0.25, -0.2) is 4.79 Å². The fraction of sp³-hybridized carbons (Fsp3) is 0.125. The molecule has 1 N–H and O–H groups in total. The number of ether oxygens (including phenoxy) is 1.